The molecule has 1 saturated carbocycles. The summed E-state index contributed by atoms with van der Waals surface area (Å²) in [5.41, 5.74) is 0.498. The van der Waals surface area contributed by atoms with E-state index in [1.807, 2.05) is 11.3 Å². The number of nitrogens with one attached hydrogen (secondary N) is 1. The average Bonchev–Trinajstić information content (AvgIpc) is 2.85. The molecule has 82 valence electrons. The summed E-state index contributed by atoms with van der Waals surface area (Å²) in [6.45, 7) is 4.68. The molecule has 1 atom stereocenters. The van der Waals surface area contributed by atoms with Crippen LogP contribution in [-0.2, 0) is 5.41 Å². The van der Waals surface area contributed by atoms with Crippen molar-refractivity contribution in [3.05, 3.63) is 16.1 Å². The Hall–Kier alpha value is -0.410. The Balaban J connectivity index is 1.77. The van der Waals surface area contributed by atoms with Gasteiger partial charge in [-0.2, -0.15) is 0 Å². The summed E-state index contributed by atoms with van der Waals surface area (Å²) in [5.74, 6) is 0.680. The van der Waals surface area contributed by atoms with Gasteiger partial charge in [0.1, 0.15) is 0 Å². The first kappa shape index (κ1) is 9.79. The van der Waals surface area contributed by atoms with E-state index in [1.54, 1.807) is 0 Å². The summed E-state index contributed by atoms with van der Waals surface area (Å²) in [5, 5.41) is 4.83. The SMILES string of the molecule is CC1(c2cnc(C3CCCNC3)s2)CC1. The number of rotatable bonds is 2. The second-order valence-electron chi connectivity index (χ2n) is 5.17. The highest BCUT2D eigenvalue weighted by Crippen LogP contribution is 2.50. The molecule has 2 fully saturated rings. The fourth-order valence-electron chi connectivity index (χ4n) is 2.25. The van der Waals surface area contributed by atoms with Crippen LogP contribution in [0.2, 0.25) is 0 Å². The molecule has 1 N–H and O–H groups in total. The molecule has 1 unspecified atom stereocenters. The van der Waals surface area contributed by atoms with E-state index in [9.17, 15) is 0 Å². The number of piperidine rings is 1. The zero-order chi connectivity index (χ0) is 10.3. The van der Waals surface area contributed by atoms with Gasteiger partial charge in [0.25, 0.3) is 0 Å². The maximum atomic E-state index is 4.62. The normalized spacial score (nSPS) is 29.0. The third kappa shape index (κ3) is 1.83. The highest BCUT2D eigenvalue weighted by molar-refractivity contribution is 7.11. The van der Waals surface area contributed by atoms with Crippen LogP contribution in [0.1, 0.15) is 48.4 Å². The van der Waals surface area contributed by atoms with Crippen molar-refractivity contribution in [3.63, 3.8) is 0 Å². The van der Waals surface area contributed by atoms with E-state index >= 15 is 0 Å². The summed E-state index contributed by atoms with van der Waals surface area (Å²) >= 11 is 1.96. The zero-order valence-corrected chi connectivity index (χ0v) is 10.1. The van der Waals surface area contributed by atoms with Crippen molar-refractivity contribution in [1.82, 2.24) is 10.3 Å². The van der Waals surface area contributed by atoms with Gasteiger partial charge in [-0.25, -0.2) is 4.98 Å². The predicted molar refractivity (Wildman–Crippen MR) is 63.5 cm³/mol. The third-order valence-electron chi connectivity index (χ3n) is 3.76. The van der Waals surface area contributed by atoms with Crippen LogP contribution in [0.4, 0.5) is 0 Å². The summed E-state index contributed by atoms with van der Waals surface area (Å²) in [6, 6.07) is 0. The molecule has 1 aromatic heterocycles. The summed E-state index contributed by atoms with van der Waals surface area (Å²) in [7, 11) is 0. The second kappa shape index (κ2) is 3.56. The van der Waals surface area contributed by atoms with Crippen LogP contribution in [0.25, 0.3) is 0 Å². The van der Waals surface area contributed by atoms with Gasteiger partial charge in [0.15, 0.2) is 0 Å². The van der Waals surface area contributed by atoms with Gasteiger partial charge in [-0.05, 0) is 32.2 Å². The lowest BCUT2D eigenvalue weighted by molar-refractivity contribution is 0.460. The first-order valence-corrected chi connectivity index (χ1v) is 6.76. The fourth-order valence-corrected chi connectivity index (χ4v) is 3.51. The lowest BCUT2D eigenvalue weighted by atomic mass is 10.0. The standard InChI is InChI=1S/C12H18N2S/c1-12(4-5-12)10-8-14-11(15-10)9-3-2-6-13-7-9/h8-9,13H,2-7H2,1H3. The Morgan fingerprint density at radius 1 is 1.53 bits per heavy atom. The van der Waals surface area contributed by atoms with Gasteiger partial charge in [-0.15, -0.1) is 11.3 Å². The van der Waals surface area contributed by atoms with Crippen LogP contribution in [0.5, 0.6) is 0 Å². The van der Waals surface area contributed by atoms with Crippen LogP contribution < -0.4 is 5.32 Å². The maximum Gasteiger partial charge on any atom is 0.0971 e. The molecule has 2 heterocycles. The fraction of sp³-hybridized carbons (Fsp3) is 0.750. The topological polar surface area (TPSA) is 24.9 Å². The van der Waals surface area contributed by atoms with Crippen LogP contribution in [0, 0.1) is 0 Å². The molecular formula is C12H18N2S. The summed E-state index contributed by atoms with van der Waals surface area (Å²) in [6.07, 6.45) is 7.46. The van der Waals surface area contributed by atoms with Crippen molar-refractivity contribution < 1.29 is 0 Å². The van der Waals surface area contributed by atoms with Gasteiger partial charge in [0, 0.05) is 29.0 Å². The van der Waals surface area contributed by atoms with E-state index in [4.69, 9.17) is 0 Å². The van der Waals surface area contributed by atoms with Crippen molar-refractivity contribution in [2.45, 2.75) is 43.9 Å². The molecule has 3 rings (SSSR count). The molecule has 1 aliphatic carbocycles. The molecule has 0 spiro atoms. The van der Waals surface area contributed by atoms with Crippen LogP contribution >= 0.6 is 11.3 Å². The molecular weight excluding hydrogens is 204 g/mol. The summed E-state index contributed by atoms with van der Waals surface area (Å²) < 4.78 is 0. The number of hydrogen-bond acceptors (Lipinski definition) is 3. The molecule has 0 radical (unpaired) electrons. The highest BCUT2D eigenvalue weighted by atomic mass is 32.1. The van der Waals surface area contributed by atoms with Gasteiger partial charge in [0.05, 0.1) is 5.01 Å². The third-order valence-corrected chi connectivity index (χ3v) is 5.23. The van der Waals surface area contributed by atoms with Crippen LogP contribution in [0.3, 0.4) is 0 Å². The van der Waals surface area contributed by atoms with Gasteiger partial charge in [0.2, 0.25) is 0 Å². The average molecular weight is 222 g/mol. The lowest BCUT2D eigenvalue weighted by Gasteiger charge is -2.20. The molecule has 0 aromatic carbocycles. The largest absolute Gasteiger partial charge is 0.316 e. The minimum Gasteiger partial charge on any atom is -0.316 e. The molecule has 2 aliphatic rings. The first-order chi connectivity index (χ1) is 7.28. The van der Waals surface area contributed by atoms with Crippen LogP contribution in [0.15, 0.2) is 6.20 Å². The van der Waals surface area contributed by atoms with E-state index in [0.29, 0.717) is 11.3 Å². The van der Waals surface area contributed by atoms with E-state index < -0.39 is 0 Å². The van der Waals surface area contributed by atoms with E-state index in [0.717, 1.165) is 6.54 Å². The van der Waals surface area contributed by atoms with E-state index in [-0.39, 0.29) is 0 Å². The first-order valence-electron chi connectivity index (χ1n) is 5.95. The number of thiazole rings is 1. The number of nitrogens with zero attached hydrogens (tertiary/aromatic N) is 1. The Bertz CT molecular complexity index is 348. The van der Waals surface area contributed by atoms with Crippen molar-refractivity contribution in [1.29, 1.82) is 0 Å². The Kier molecular flexibility index (Phi) is 2.33. The molecule has 0 bridgehead atoms. The molecule has 2 nitrogen and oxygen atoms in total. The van der Waals surface area contributed by atoms with Gasteiger partial charge in [-0.3, -0.25) is 0 Å². The Morgan fingerprint density at radius 2 is 2.40 bits per heavy atom. The molecule has 15 heavy (non-hydrogen) atoms. The zero-order valence-electron chi connectivity index (χ0n) is 9.25. The molecule has 3 heteroatoms. The molecule has 1 aromatic rings. The van der Waals surface area contributed by atoms with E-state index in [1.165, 1.54) is 42.1 Å². The summed E-state index contributed by atoms with van der Waals surface area (Å²) in [4.78, 5) is 6.14. The number of aromatic nitrogens is 1. The lowest BCUT2D eigenvalue weighted by Crippen LogP contribution is -2.28. The van der Waals surface area contributed by atoms with Crippen molar-refractivity contribution in [3.8, 4) is 0 Å². The van der Waals surface area contributed by atoms with E-state index in [2.05, 4.69) is 23.4 Å². The second-order valence-corrected chi connectivity index (χ2v) is 6.23. The van der Waals surface area contributed by atoms with Gasteiger partial charge >= 0.3 is 0 Å². The smallest absolute Gasteiger partial charge is 0.0971 e. The Morgan fingerprint density at radius 3 is 3.07 bits per heavy atom. The molecule has 0 amide bonds. The number of hydrogen-bond donors (Lipinski definition) is 1. The van der Waals surface area contributed by atoms with Gasteiger partial charge < -0.3 is 5.32 Å². The van der Waals surface area contributed by atoms with Crippen molar-refractivity contribution >= 4 is 11.3 Å². The predicted octanol–water partition coefficient (Wildman–Crippen LogP) is 2.66. The van der Waals surface area contributed by atoms with Crippen molar-refractivity contribution in [2.75, 3.05) is 13.1 Å². The minimum atomic E-state index is 0.498. The Labute approximate surface area is 95.1 Å². The highest BCUT2D eigenvalue weighted by Gasteiger charge is 2.41. The van der Waals surface area contributed by atoms with Crippen LogP contribution in [-0.4, -0.2) is 18.1 Å². The molecule has 1 aliphatic heterocycles. The quantitative estimate of drug-likeness (QED) is 0.832. The van der Waals surface area contributed by atoms with Crippen molar-refractivity contribution in [2.24, 2.45) is 0 Å². The maximum absolute atomic E-state index is 4.62. The van der Waals surface area contributed by atoms with Gasteiger partial charge in [-0.1, -0.05) is 6.92 Å². The molecule has 1 saturated heterocycles. The minimum absolute atomic E-state index is 0.498. The monoisotopic (exact) mass is 222 g/mol.